The molecule has 2 aliphatic heterocycles. The second-order valence-corrected chi connectivity index (χ2v) is 7.90. The predicted molar refractivity (Wildman–Crippen MR) is 102 cm³/mol. The van der Waals surface area contributed by atoms with E-state index in [1.165, 1.54) is 4.57 Å². The summed E-state index contributed by atoms with van der Waals surface area (Å²) in [5, 5.41) is 8.18. The fourth-order valence-corrected chi connectivity index (χ4v) is 4.53. The first-order valence-electron chi connectivity index (χ1n) is 9.51. The third kappa shape index (κ3) is 3.21. The van der Waals surface area contributed by atoms with Crippen molar-refractivity contribution < 1.29 is 23.4 Å². The molecule has 1 atom stereocenters. The highest BCUT2D eigenvalue weighted by atomic mass is 19.2. The van der Waals surface area contributed by atoms with Crippen molar-refractivity contribution in [3.05, 3.63) is 28.1 Å². The minimum Gasteiger partial charge on any atom is -0.449 e. The van der Waals surface area contributed by atoms with Crippen LogP contribution in [-0.2, 0) is 6.54 Å². The fourth-order valence-electron chi connectivity index (χ4n) is 4.53. The standard InChI is InChI=1S/C19H22F2N4O4/c1-3-24-8-11(29-18(27)28)15(26)12-13(20)14(21)17(22-16(12)24)25-7-5-19(10-25)4-6-23(2)9-19/h8H,3-7,9-10H2,1-2H3,(H,27,28). The summed E-state index contributed by atoms with van der Waals surface area (Å²) in [6.07, 6.45) is 1.31. The third-order valence-electron chi connectivity index (χ3n) is 5.94. The molecule has 1 N–H and O–H groups in total. The molecule has 2 fully saturated rings. The number of aryl methyl sites for hydroxylation is 1. The summed E-state index contributed by atoms with van der Waals surface area (Å²) in [6, 6.07) is 0. The van der Waals surface area contributed by atoms with Crippen LogP contribution in [-0.4, -0.2) is 58.9 Å². The number of likely N-dealkylation sites (tertiary alicyclic amines) is 1. The van der Waals surface area contributed by atoms with Crippen molar-refractivity contribution in [3.8, 4) is 5.75 Å². The Hall–Kier alpha value is -2.75. The molecule has 2 aromatic heterocycles. The van der Waals surface area contributed by atoms with Gasteiger partial charge in [0.25, 0.3) is 0 Å². The van der Waals surface area contributed by atoms with Crippen molar-refractivity contribution in [3.63, 3.8) is 0 Å². The SMILES string of the molecule is CCn1cc(OC(=O)O)c(=O)c2c(F)c(F)c(N3CCC4(CCN(C)C4)C3)nc21. The molecular formula is C19H22F2N4O4. The van der Waals surface area contributed by atoms with Gasteiger partial charge in [-0.3, -0.25) is 4.79 Å². The third-order valence-corrected chi connectivity index (χ3v) is 5.94. The molecule has 0 amide bonds. The number of carboxylic acid groups (broad SMARTS) is 1. The number of ether oxygens (including phenoxy) is 1. The predicted octanol–water partition coefficient (Wildman–Crippen LogP) is 2.28. The minimum absolute atomic E-state index is 0.0337. The van der Waals surface area contributed by atoms with Gasteiger partial charge in [0, 0.05) is 31.6 Å². The van der Waals surface area contributed by atoms with E-state index < -0.39 is 34.4 Å². The lowest BCUT2D eigenvalue weighted by Gasteiger charge is -2.25. The first-order valence-corrected chi connectivity index (χ1v) is 9.51. The van der Waals surface area contributed by atoms with Crippen LogP contribution in [0.3, 0.4) is 0 Å². The van der Waals surface area contributed by atoms with Crippen LogP contribution in [0.1, 0.15) is 19.8 Å². The molecule has 29 heavy (non-hydrogen) atoms. The maximum atomic E-state index is 15.0. The van der Waals surface area contributed by atoms with Crippen LogP contribution in [0.2, 0.25) is 0 Å². The van der Waals surface area contributed by atoms with Crippen LogP contribution in [0.4, 0.5) is 19.4 Å². The number of pyridine rings is 2. The van der Waals surface area contributed by atoms with Crippen LogP contribution < -0.4 is 15.1 Å². The zero-order valence-electron chi connectivity index (χ0n) is 16.2. The number of hydrogen-bond acceptors (Lipinski definition) is 6. The molecule has 2 aliphatic rings. The summed E-state index contributed by atoms with van der Waals surface area (Å²) < 4.78 is 35.8. The lowest BCUT2D eigenvalue weighted by atomic mass is 9.86. The van der Waals surface area contributed by atoms with Crippen molar-refractivity contribution >= 4 is 23.0 Å². The smallest absolute Gasteiger partial charge is 0.449 e. The summed E-state index contributed by atoms with van der Waals surface area (Å²) in [6.45, 7) is 4.98. The highest BCUT2D eigenvalue weighted by molar-refractivity contribution is 5.80. The van der Waals surface area contributed by atoms with Crippen LogP contribution in [0.15, 0.2) is 11.0 Å². The molecule has 2 aromatic rings. The van der Waals surface area contributed by atoms with Gasteiger partial charge in [-0.1, -0.05) is 0 Å². The van der Waals surface area contributed by atoms with E-state index in [9.17, 15) is 18.4 Å². The minimum atomic E-state index is -1.71. The first-order chi connectivity index (χ1) is 13.7. The number of anilines is 1. The van der Waals surface area contributed by atoms with Gasteiger partial charge in [0.1, 0.15) is 11.0 Å². The number of carbonyl (C=O) groups is 1. The monoisotopic (exact) mass is 408 g/mol. The Morgan fingerprint density at radius 1 is 1.28 bits per heavy atom. The van der Waals surface area contributed by atoms with E-state index in [2.05, 4.69) is 14.6 Å². The molecule has 4 rings (SSSR count). The molecule has 1 spiro atoms. The Morgan fingerprint density at radius 2 is 2.00 bits per heavy atom. The van der Waals surface area contributed by atoms with Crippen LogP contribution in [0, 0.1) is 17.0 Å². The van der Waals surface area contributed by atoms with Crippen LogP contribution in [0.5, 0.6) is 5.75 Å². The number of nitrogens with zero attached hydrogens (tertiary/aromatic N) is 4. The van der Waals surface area contributed by atoms with E-state index in [1.807, 2.05) is 7.05 Å². The Balaban J connectivity index is 1.82. The van der Waals surface area contributed by atoms with Gasteiger partial charge >= 0.3 is 6.16 Å². The Kier molecular flexibility index (Phi) is 4.68. The Morgan fingerprint density at radius 3 is 2.62 bits per heavy atom. The second-order valence-electron chi connectivity index (χ2n) is 7.90. The van der Waals surface area contributed by atoms with Crippen molar-refractivity contribution in [1.29, 1.82) is 0 Å². The normalized spacial score (nSPS) is 22.1. The summed E-state index contributed by atoms with van der Waals surface area (Å²) in [5.41, 5.74) is -1.04. The highest BCUT2D eigenvalue weighted by Crippen LogP contribution is 2.41. The summed E-state index contributed by atoms with van der Waals surface area (Å²) in [5.74, 6) is -3.24. The molecular weight excluding hydrogens is 386 g/mol. The van der Waals surface area contributed by atoms with Gasteiger partial charge in [-0.2, -0.15) is 4.39 Å². The quantitative estimate of drug-likeness (QED) is 0.780. The molecule has 156 valence electrons. The molecule has 4 heterocycles. The number of halogens is 2. The first kappa shape index (κ1) is 19.6. The number of fused-ring (bicyclic) bond motifs is 1. The van der Waals surface area contributed by atoms with Gasteiger partial charge in [0.15, 0.2) is 17.4 Å². The molecule has 2 saturated heterocycles. The maximum Gasteiger partial charge on any atom is 0.511 e. The van der Waals surface area contributed by atoms with Gasteiger partial charge in [0.05, 0.1) is 6.20 Å². The van der Waals surface area contributed by atoms with Crippen molar-refractivity contribution in [1.82, 2.24) is 14.5 Å². The molecule has 0 saturated carbocycles. The molecule has 0 radical (unpaired) electrons. The fraction of sp³-hybridized carbons (Fsp3) is 0.526. The van der Waals surface area contributed by atoms with E-state index >= 15 is 0 Å². The van der Waals surface area contributed by atoms with Crippen molar-refractivity contribution in [2.75, 3.05) is 38.1 Å². The summed E-state index contributed by atoms with van der Waals surface area (Å²) in [7, 11) is 2.04. The summed E-state index contributed by atoms with van der Waals surface area (Å²) in [4.78, 5) is 31.6. The van der Waals surface area contributed by atoms with E-state index in [1.54, 1.807) is 11.8 Å². The zero-order chi connectivity index (χ0) is 20.9. The number of rotatable bonds is 3. The van der Waals surface area contributed by atoms with E-state index in [0.717, 1.165) is 32.1 Å². The van der Waals surface area contributed by atoms with Crippen molar-refractivity contribution in [2.45, 2.75) is 26.3 Å². The molecule has 10 heteroatoms. The number of aromatic nitrogens is 2. The molecule has 8 nitrogen and oxygen atoms in total. The van der Waals surface area contributed by atoms with Gasteiger partial charge in [-0.25, -0.2) is 14.2 Å². The highest BCUT2D eigenvalue weighted by Gasteiger charge is 2.43. The van der Waals surface area contributed by atoms with Crippen LogP contribution >= 0.6 is 0 Å². The molecule has 0 aliphatic carbocycles. The maximum absolute atomic E-state index is 15.0. The van der Waals surface area contributed by atoms with Crippen molar-refractivity contribution in [2.24, 2.45) is 5.41 Å². The summed E-state index contributed by atoms with van der Waals surface area (Å²) >= 11 is 0. The zero-order valence-corrected chi connectivity index (χ0v) is 16.2. The average Bonchev–Trinajstić information content (AvgIpc) is 3.25. The van der Waals surface area contributed by atoms with Gasteiger partial charge in [-0.15, -0.1) is 0 Å². The molecule has 1 unspecified atom stereocenters. The average molecular weight is 408 g/mol. The number of hydrogen-bond donors (Lipinski definition) is 1. The van der Waals surface area contributed by atoms with E-state index in [4.69, 9.17) is 5.11 Å². The van der Waals surface area contributed by atoms with Crippen LogP contribution in [0.25, 0.3) is 11.0 Å². The van der Waals surface area contributed by atoms with E-state index in [-0.39, 0.29) is 23.4 Å². The van der Waals surface area contributed by atoms with E-state index in [0.29, 0.717) is 13.1 Å². The lowest BCUT2D eigenvalue weighted by molar-refractivity contribution is 0.143. The topological polar surface area (TPSA) is 87.9 Å². The lowest BCUT2D eigenvalue weighted by Crippen LogP contribution is -2.31. The largest absolute Gasteiger partial charge is 0.511 e. The second kappa shape index (κ2) is 6.94. The molecule has 0 bridgehead atoms. The Bertz CT molecular complexity index is 1060. The molecule has 0 aromatic carbocycles. The van der Waals surface area contributed by atoms with Gasteiger partial charge < -0.3 is 24.2 Å². The van der Waals surface area contributed by atoms with Gasteiger partial charge in [0.2, 0.25) is 11.2 Å². The van der Waals surface area contributed by atoms with Gasteiger partial charge in [-0.05, 0) is 33.4 Å². The Labute approximate surface area is 165 Å².